The van der Waals surface area contributed by atoms with Crippen LogP contribution in [0.2, 0.25) is 5.02 Å². The van der Waals surface area contributed by atoms with Crippen molar-refractivity contribution in [1.29, 1.82) is 0 Å². The van der Waals surface area contributed by atoms with Crippen LogP contribution in [-0.2, 0) is 19.2 Å². The molecule has 0 spiro atoms. The Labute approximate surface area is 410 Å². The molecule has 5 atom stereocenters. The molecule has 1 aromatic heterocycles. The first-order valence-electron chi connectivity index (χ1n) is 23.7. The number of fused-ring (bicyclic) bond motifs is 2. The number of halogens is 4. The van der Waals surface area contributed by atoms with Crippen molar-refractivity contribution in [3.05, 3.63) is 93.8 Å². The number of aromatic nitrogens is 1. The molecule has 1 unspecified atom stereocenters. The summed E-state index contributed by atoms with van der Waals surface area (Å²) < 4.78 is 42.1. The molecule has 2 saturated heterocycles. The van der Waals surface area contributed by atoms with Crippen molar-refractivity contribution in [2.45, 2.75) is 129 Å². The number of amides is 4. The number of hydrogen-bond donors (Lipinski definition) is 4. The number of aliphatic imine (C=N–C) groups is 1. The van der Waals surface area contributed by atoms with Crippen molar-refractivity contribution < 1.29 is 37.5 Å². The van der Waals surface area contributed by atoms with Gasteiger partial charge in [0.1, 0.15) is 23.7 Å². The van der Waals surface area contributed by atoms with E-state index in [1.165, 1.54) is 28.0 Å². The Kier molecular flexibility index (Phi) is 16.7. The molecule has 0 aliphatic carbocycles. The van der Waals surface area contributed by atoms with E-state index in [9.17, 15) is 37.5 Å². The van der Waals surface area contributed by atoms with E-state index in [0.717, 1.165) is 41.0 Å². The van der Waals surface area contributed by atoms with E-state index in [0.29, 0.717) is 66.6 Å². The predicted molar refractivity (Wildman–Crippen MR) is 264 cm³/mol. The molecule has 13 nitrogen and oxygen atoms in total. The number of likely N-dealkylation sites (tertiary alicyclic amines) is 2. The molecule has 0 radical (unpaired) electrons. The number of nitrogens with one attached hydrogen (secondary N) is 3. The SMILES string of the molecule is Cc1ncsc1-c1ccc([C@H](C)NC(=O)[C@@H]2C[C@@H](O)CN2C(=O)[C@@H](NC(=O)CCCCCCCC(=O)N2CCC(NC3=Nc4cc(F)ccc4N(CC(F)F)c4ccc(Cl)cc43)C2)C(C)(C)C)cc1. The summed E-state index contributed by atoms with van der Waals surface area (Å²) in [6, 6.07) is 14.3. The van der Waals surface area contributed by atoms with Gasteiger partial charge < -0.3 is 35.8 Å². The number of aliphatic hydroxyl groups excluding tert-OH is 1. The number of benzene rings is 3. The number of carbonyl (C=O) groups is 4. The van der Waals surface area contributed by atoms with Crippen LogP contribution in [-0.4, -0.2) is 106 Å². The van der Waals surface area contributed by atoms with Crippen LogP contribution in [0.4, 0.5) is 30.2 Å². The van der Waals surface area contributed by atoms with Crippen molar-refractivity contribution in [2.75, 3.05) is 31.1 Å². The van der Waals surface area contributed by atoms with Gasteiger partial charge in [0.15, 0.2) is 0 Å². The first kappa shape index (κ1) is 51.3. The molecule has 69 heavy (non-hydrogen) atoms. The quantitative estimate of drug-likeness (QED) is 0.0764. The summed E-state index contributed by atoms with van der Waals surface area (Å²) in [5, 5.41) is 20.4. The molecule has 3 aliphatic rings. The normalized spacial score (nSPS) is 18.9. The zero-order valence-electron chi connectivity index (χ0n) is 39.7. The van der Waals surface area contributed by atoms with Crippen LogP contribution in [0.1, 0.15) is 108 Å². The van der Waals surface area contributed by atoms with Crippen molar-refractivity contribution >= 4 is 69.5 Å². The van der Waals surface area contributed by atoms with E-state index in [2.05, 4.69) is 20.9 Å². The van der Waals surface area contributed by atoms with Gasteiger partial charge in [0.05, 0.1) is 51.8 Å². The van der Waals surface area contributed by atoms with Crippen molar-refractivity contribution in [2.24, 2.45) is 10.4 Å². The number of rotatable bonds is 17. The van der Waals surface area contributed by atoms with E-state index in [-0.39, 0.29) is 54.9 Å². The Hall–Kier alpha value is -5.52. The minimum Gasteiger partial charge on any atom is -0.391 e. The lowest BCUT2D eigenvalue weighted by molar-refractivity contribution is -0.144. The fourth-order valence-electron chi connectivity index (χ4n) is 9.30. The molecule has 18 heteroatoms. The highest BCUT2D eigenvalue weighted by Crippen LogP contribution is 2.41. The minimum atomic E-state index is -2.67. The van der Waals surface area contributed by atoms with Gasteiger partial charge in [-0.25, -0.2) is 23.1 Å². The molecule has 7 rings (SSSR count). The Bertz CT molecular complexity index is 2520. The smallest absolute Gasteiger partial charge is 0.256 e. The fourth-order valence-corrected chi connectivity index (χ4v) is 10.3. The van der Waals surface area contributed by atoms with Crippen LogP contribution in [0.25, 0.3) is 10.4 Å². The summed E-state index contributed by atoms with van der Waals surface area (Å²) in [5.74, 6) is -1.23. The number of aliphatic hydroxyl groups is 1. The standard InChI is InChI=1S/C51H62ClF3N8O5S/c1-30(32-13-15-33(16-14-32)46-31(2)56-29-69-46)57-49(67)42-25-37(64)27-63(42)50(68)47(51(3,4)5)60-44(65)11-9-7-6-8-10-12-45(66)61-22-21-36(26-61)58-48-38-23-34(52)17-19-40(38)62(28-43(54)55)41-20-18-35(53)24-39(41)59-48/h13-20,23-24,29-30,36-37,42-43,47,64H,6-12,21-22,25-28H2,1-5H3,(H,57,67)(H,58,59)(H,60,65)/t30-,36?,37+,42-,47+/m0/s1. The second-order valence-corrected chi connectivity index (χ2v) is 20.7. The minimum absolute atomic E-state index is 0.0140. The number of thiazole rings is 1. The summed E-state index contributed by atoms with van der Waals surface area (Å²) in [6.45, 7) is 9.71. The third-order valence-electron chi connectivity index (χ3n) is 13.0. The van der Waals surface area contributed by atoms with Gasteiger partial charge in [-0.15, -0.1) is 11.3 Å². The number of carbonyl (C=O) groups excluding carboxylic acids is 4. The fraction of sp³-hybridized carbons (Fsp3) is 0.490. The number of unbranched alkanes of at least 4 members (excludes halogenated alkanes) is 4. The van der Waals surface area contributed by atoms with Gasteiger partial charge in [0, 0.05) is 61.6 Å². The zero-order valence-corrected chi connectivity index (χ0v) is 41.3. The summed E-state index contributed by atoms with van der Waals surface area (Å²) in [7, 11) is 0. The van der Waals surface area contributed by atoms with Gasteiger partial charge in [-0.3, -0.25) is 19.2 Å². The molecular formula is C51H62ClF3N8O5S. The molecule has 370 valence electrons. The molecule has 0 saturated carbocycles. The third kappa shape index (κ3) is 12.8. The van der Waals surface area contributed by atoms with Gasteiger partial charge in [0.25, 0.3) is 6.43 Å². The lowest BCUT2D eigenvalue weighted by Crippen LogP contribution is -2.57. The highest BCUT2D eigenvalue weighted by atomic mass is 35.5. The molecule has 3 aliphatic heterocycles. The maximum absolute atomic E-state index is 14.4. The van der Waals surface area contributed by atoms with Gasteiger partial charge >= 0.3 is 0 Å². The monoisotopic (exact) mass is 990 g/mol. The van der Waals surface area contributed by atoms with Gasteiger partial charge in [0.2, 0.25) is 23.6 Å². The van der Waals surface area contributed by atoms with Gasteiger partial charge in [-0.1, -0.05) is 75.9 Å². The first-order chi connectivity index (χ1) is 32.9. The number of amidine groups is 1. The summed E-state index contributed by atoms with van der Waals surface area (Å²) in [6.07, 6.45) is 1.37. The third-order valence-corrected chi connectivity index (χ3v) is 14.2. The van der Waals surface area contributed by atoms with Crippen molar-refractivity contribution in [3.8, 4) is 10.4 Å². The number of nitrogens with zero attached hydrogens (tertiary/aromatic N) is 5. The maximum Gasteiger partial charge on any atom is 0.256 e. The Morgan fingerprint density at radius 1 is 0.928 bits per heavy atom. The Morgan fingerprint density at radius 2 is 1.64 bits per heavy atom. The molecule has 2 fully saturated rings. The molecule has 0 bridgehead atoms. The number of hydrogen-bond acceptors (Lipinski definition) is 10. The van der Waals surface area contributed by atoms with Crippen LogP contribution in [0.5, 0.6) is 0 Å². The molecular weight excluding hydrogens is 929 g/mol. The molecule has 4 amide bonds. The Balaban J connectivity index is 0.841. The highest BCUT2D eigenvalue weighted by molar-refractivity contribution is 7.13. The number of β-amino-alcohol motifs (C(OH)–C–C–N with tert-alkyl or cyclic N) is 1. The number of alkyl halides is 2. The average Bonchev–Trinajstić information content (AvgIpc) is 4.04. The molecule has 4 aromatic rings. The van der Waals surface area contributed by atoms with E-state index in [1.807, 2.05) is 64.4 Å². The largest absolute Gasteiger partial charge is 0.391 e. The predicted octanol–water partition coefficient (Wildman–Crippen LogP) is 9.00. The first-order valence-corrected chi connectivity index (χ1v) is 25.0. The lowest BCUT2D eigenvalue weighted by Gasteiger charge is -2.35. The summed E-state index contributed by atoms with van der Waals surface area (Å²) in [4.78, 5) is 69.1. The van der Waals surface area contributed by atoms with E-state index in [4.69, 9.17) is 16.6 Å². The van der Waals surface area contributed by atoms with Crippen LogP contribution >= 0.6 is 22.9 Å². The number of aryl methyl sites for hydroxylation is 1. The van der Waals surface area contributed by atoms with Crippen molar-refractivity contribution in [3.63, 3.8) is 0 Å². The average molecular weight is 992 g/mol. The van der Waals surface area contributed by atoms with E-state index in [1.54, 1.807) is 34.4 Å². The van der Waals surface area contributed by atoms with Crippen LogP contribution < -0.4 is 20.9 Å². The lowest BCUT2D eigenvalue weighted by atomic mass is 9.85. The van der Waals surface area contributed by atoms with Gasteiger partial charge in [-0.05, 0) is 80.0 Å². The summed E-state index contributed by atoms with van der Waals surface area (Å²) >= 11 is 7.94. The van der Waals surface area contributed by atoms with Crippen LogP contribution in [0.3, 0.4) is 0 Å². The van der Waals surface area contributed by atoms with E-state index < -0.39 is 48.3 Å². The van der Waals surface area contributed by atoms with Crippen LogP contribution in [0.15, 0.2) is 71.2 Å². The maximum atomic E-state index is 14.4. The van der Waals surface area contributed by atoms with Gasteiger partial charge in [-0.2, -0.15) is 0 Å². The topological polar surface area (TPSA) is 160 Å². The molecule has 3 aromatic carbocycles. The highest BCUT2D eigenvalue weighted by Gasteiger charge is 2.45. The Morgan fingerprint density at radius 3 is 2.33 bits per heavy atom. The van der Waals surface area contributed by atoms with E-state index >= 15 is 0 Å². The number of anilines is 2. The molecule has 4 heterocycles. The summed E-state index contributed by atoms with van der Waals surface area (Å²) in [5.41, 5.74) is 5.51. The van der Waals surface area contributed by atoms with Crippen molar-refractivity contribution in [1.82, 2.24) is 30.7 Å². The second-order valence-electron chi connectivity index (χ2n) is 19.4. The zero-order chi connectivity index (χ0) is 49.6. The van der Waals surface area contributed by atoms with Crippen LogP contribution in [0, 0.1) is 18.2 Å². The second kappa shape index (κ2) is 22.5. The molecule has 4 N–H and O–H groups in total.